The Labute approximate surface area is 212 Å². The molecule has 8 heteroatoms. The Morgan fingerprint density at radius 1 is 1.14 bits per heavy atom. The summed E-state index contributed by atoms with van der Waals surface area (Å²) in [4.78, 5) is 36.1. The third-order valence-corrected chi connectivity index (χ3v) is 8.46. The van der Waals surface area contributed by atoms with E-state index in [1.807, 2.05) is 55.5 Å². The first-order valence-corrected chi connectivity index (χ1v) is 13.5. The summed E-state index contributed by atoms with van der Waals surface area (Å²) in [6.07, 6.45) is 0.848. The molecule has 0 unspecified atom stereocenters. The van der Waals surface area contributed by atoms with E-state index in [1.165, 1.54) is 16.6 Å². The van der Waals surface area contributed by atoms with E-state index >= 15 is 0 Å². The molecule has 1 aliphatic heterocycles. The van der Waals surface area contributed by atoms with E-state index in [-0.39, 0.29) is 17.1 Å². The quantitative estimate of drug-likeness (QED) is 0.197. The Morgan fingerprint density at radius 3 is 2.57 bits per heavy atom. The van der Waals surface area contributed by atoms with Crippen molar-refractivity contribution in [1.82, 2.24) is 14.5 Å². The average molecular weight is 506 g/mol. The van der Waals surface area contributed by atoms with Crippen LogP contribution in [-0.4, -0.2) is 46.2 Å². The number of methoxy groups -OCH3 is 1. The summed E-state index contributed by atoms with van der Waals surface area (Å²) in [5.41, 5.74) is 3.53. The van der Waals surface area contributed by atoms with Gasteiger partial charge in [-0.1, -0.05) is 48.5 Å². The molecule has 4 aromatic rings. The van der Waals surface area contributed by atoms with Crippen molar-refractivity contribution in [3.8, 4) is 11.4 Å². The van der Waals surface area contributed by atoms with E-state index in [4.69, 9.17) is 9.72 Å². The van der Waals surface area contributed by atoms with Gasteiger partial charge in [0, 0.05) is 23.5 Å². The van der Waals surface area contributed by atoms with Gasteiger partial charge in [0.25, 0.3) is 5.56 Å². The second-order valence-electron chi connectivity index (χ2n) is 8.61. The lowest BCUT2D eigenvalue weighted by molar-refractivity contribution is 0.102. The lowest BCUT2D eigenvalue weighted by Gasteiger charge is -2.25. The molecule has 0 atom stereocenters. The molecule has 0 amide bonds. The molecule has 0 aliphatic carbocycles. The molecule has 5 rings (SSSR count). The first kappa shape index (κ1) is 23.8. The number of carbonyl (C=O) groups excluding carboxylic acids is 1. The normalized spacial score (nSPS) is 13.7. The zero-order valence-corrected chi connectivity index (χ0v) is 21.7. The average Bonchev–Trinajstić information content (AvgIpc) is 3.25. The van der Waals surface area contributed by atoms with Crippen molar-refractivity contribution in [2.75, 3.05) is 26.0 Å². The minimum Gasteiger partial charge on any atom is -0.497 e. The van der Waals surface area contributed by atoms with Crippen molar-refractivity contribution in [1.29, 1.82) is 0 Å². The summed E-state index contributed by atoms with van der Waals surface area (Å²) in [5, 5.41) is 1.24. The summed E-state index contributed by atoms with van der Waals surface area (Å²) < 4.78 is 6.95. The molecule has 0 fully saturated rings. The number of nitrogens with zero attached hydrogens (tertiary/aromatic N) is 3. The summed E-state index contributed by atoms with van der Waals surface area (Å²) in [7, 11) is 1.62. The number of aryl methyl sites for hydroxylation is 1. The maximum Gasteiger partial charge on any atom is 0.267 e. The van der Waals surface area contributed by atoms with Crippen LogP contribution in [0.3, 0.4) is 0 Å². The zero-order valence-electron chi connectivity index (χ0n) is 20.0. The first-order valence-electron chi connectivity index (χ1n) is 11.6. The molecule has 0 saturated carbocycles. The number of thioether (sulfide) groups is 1. The van der Waals surface area contributed by atoms with Gasteiger partial charge >= 0.3 is 0 Å². The van der Waals surface area contributed by atoms with Crippen molar-refractivity contribution in [2.24, 2.45) is 0 Å². The third kappa shape index (κ3) is 4.66. The Hall–Kier alpha value is -2.94. The molecular weight excluding hydrogens is 478 g/mol. The molecule has 1 aliphatic rings. The minimum atomic E-state index is -0.0760. The van der Waals surface area contributed by atoms with E-state index in [2.05, 4.69) is 11.8 Å². The fraction of sp³-hybridized carbons (Fsp3) is 0.296. The molecule has 0 radical (unpaired) electrons. The smallest absolute Gasteiger partial charge is 0.267 e. The Bertz CT molecular complexity index is 1440. The highest BCUT2D eigenvalue weighted by Crippen LogP contribution is 2.34. The maximum absolute atomic E-state index is 13.9. The molecule has 35 heavy (non-hydrogen) atoms. The number of benzene rings is 2. The molecule has 2 aromatic heterocycles. The number of ketones is 1. The standard InChI is InChI=1S/C27H27N3O3S2/c1-4-29-14-13-21-23(15-29)35-25-24(21)26(32)30(19-9-11-20(33-3)12-10-19)27(28-25)34-16-22(31)18-7-5-17(2)6-8-18/h5-12H,4,13-16H2,1-3H3. The van der Waals surface area contributed by atoms with Gasteiger partial charge in [-0.15, -0.1) is 11.3 Å². The van der Waals surface area contributed by atoms with Crippen LogP contribution in [0.15, 0.2) is 58.5 Å². The van der Waals surface area contributed by atoms with Crippen molar-refractivity contribution in [2.45, 2.75) is 32.0 Å². The number of Topliss-reactive ketones (excluding diaryl/α,β-unsaturated/α-hetero) is 1. The van der Waals surface area contributed by atoms with Crippen molar-refractivity contribution >= 4 is 39.1 Å². The van der Waals surface area contributed by atoms with Gasteiger partial charge in [-0.25, -0.2) is 4.98 Å². The summed E-state index contributed by atoms with van der Waals surface area (Å²) in [5.74, 6) is 0.924. The number of aromatic nitrogens is 2. The molecule has 0 bridgehead atoms. The van der Waals surface area contributed by atoms with E-state index in [0.717, 1.165) is 42.0 Å². The van der Waals surface area contributed by atoms with Gasteiger partial charge in [0.1, 0.15) is 10.6 Å². The fourth-order valence-electron chi connectivity index (χ4n) is 4.36. The second-order valence-corrected chi connectivity index (χ2v) is 10.6. The lowest BCUT2D eigenvalue weighted by Crippen LogP contribution is -2.30. The molecule has 2 aromatic carbocycles. The predicted octanol–water partition coefficient (Wildman–Crippen LogP) is 5.12. The summed E-state index contributed by atoms with van der Waals surface area (Å²) >= 11 is 2.91. The number of rotatable bonds is 7. The zero-order chi connectivity index (χ0) is 24.5. The van der Waals surface area contributed by atoms with Crippen LogP contribution in [0.4, 0.5) is 0 Å². The van der Waals surface area contributed by atoms with E-state index in [1.54, 1.807) is 23.0 Å². The SMILES string of the molecule is CCN1CCc2c(sc3nc(SCC(=O)c4ccc(C)cc4)n(-c4ccc(OC)cc4)c(=O)c23)C1. The van der Waals surface area contributed by atoms with Crippen LogP contribution in [0.25, 0.3) is 15.9 Å². The highest BCUT2D eigenvalue weighted by Gasteiger charge is 2.25. The Kier molecular flexibility index (Phi) is 6.77. The third-order valence-electron chi connectivity index (χ3n) is 6.41. The number of likely N-dealkylation sites (N-methyl/N-ethyl adjacent to an activating group) is 1. The largest absolute Gasteiger partial charge is 0.497 e. The van der Waals surface area contributed by atoms with Gasteiger partial charge in [0.2, 0.25) is 0 Å². The predicted molar refractivity (Wildman–Crippen MR) is 143 cm³/mol. The van der Waals surface area contributed by atoms with Crippen LogP contribution in [-0.2, 0) is 13.0 Å². The fourth-order valence-corrected chi connectivity index (χ4v) is 6.57. The molecule has 6 nitrogen and oxygen atoms in total. The van der Waals surface area contributed by atoms with Crippen molar-refractivity contribution in [3.63, 3.8) is 0 Å². The highest BCUT2D eigenvalue weighted by molar-refractivity contribution is 7.99. The van der Waals surface area contributed by atoms with Gasteiger partial charge in [0.05, 0.1) is 23.9 Å². The van der Waals surface area contributed by atoms with Crippen LogP contribution in [0.1, 0.15) is 33.3 Å². The second kappa shape index (κ2) is 9.97. The van der Waals surface area contributed by atoms with E-state index in [9.17, 15) is 9.59 Å². The maximum atomic E-state index is 13.9. The molecule has 0 spiro atoms. The number of hydrogen-bond donors (Lipinski definition) is 0. The van der Waals surface area contributed by atoms with Gasteiger partial charge < -0.3 is 4.74 Å². The highest BCUT2D eigenvalue weighted by atomic mass is 32.2. The van der Waals surface area contributed by atoms with Crippen LogP contribution in [0.2, 0.25) is 0 Å². The van der Waals surface area contributed by atoms with Crippen molar-refractivity contribution < 1.29 is 9.53 Å². The lowest BCUT2D eigenvalue weighted by atomic mass is 10.1. The van der Waals surface area contributed by atoms with Crippen LogP contribution in [0.5, 0.6) is 5.75 Å². The molecule has 0 saturated heterocycles. The minimum absolute atomic E-state index is 0.00897. The Balaban J connectivity index is 1.58. The van der Waals surface area contributed by atoms with Gasteiger partial charge in [-0.2, -0.15) is 0 Å². The number of fused-ring (bicyclic) bond motifs is 3. The van der Waals surface area contributed by atoms with Crippen LogP contribution < -0.4 is 10.3 Å². The number of hydrogen-bond acceptors (Lipinski definition) is 7. The molecule has 180 valence electrons. The first-order chi connectivity index (χ1) is 17.0. The monoisotopic (exact) mass is 505 g/mol. The number of thiophene rings is 1. The Morgan fingerprint density at radius 2 is 1.89 bits per heavy atom. The van der Waals surface area contributed by atoms with E-state index in [0.29, 0.717) is 27.5 Å². The molecule has 3 heterocycles. The van der Waals surface area contributed by atoms with Crippen LogP contribution in [0, 0.1) is 6.92 Å². The van der Waals surface area contributed by atoms with Gasteiger partial charge in [0.15, 0.2) is 10.9 Å². The number of ether oxygens (including phenoxy) is 1. The molecule has 0 N–H and O–H groups in total. The molecular formula is C27H27N3O3S2. The summed E-state index contributed by atoms with van der Waals surface area (Å²) in [6, 6.07) is 14.9. The van der Waals surface area contributed by atoms with E-state index < -0.39 is 0 Å². The van der Waals surface area contributed by atoms with Gasteiger partial charge in [-0.05, 0) is 49.7 Å². The summed E-state index contributed by atoms with van der Waals surface area (Å²) in [6.45, 7) is 6.94. The van der Waals surface area contributed by atoms with Crippen LogP contribution >= 0.6 is 23.1 Å². The number of carbonyl (C=O) groups is 1. The van der Waals surface area contributed by atoms with Crippen molar-refractivity contribution in [3.05, 3.63) is 80.5 Å². The topological polar surface area (TPSA) is 64.4 Å². The van der Waals surface area contributed by atoms with Gasteiger partial charge in [-0.3, -0.25) is 19.1 Å².